The average Bonchev–Trinajstić information content (AvgIpc) is 3.41. The van der Waals surface area contributed by atoms with E-state index in [4.69, 9.17) is 4.74 Å². The van der Waals surface area contributed by atoms with Gasteiger partial charge in [0.1, 0.15) is 17.9 Å². The van der Waals surface area contributed by atoms with Crippen LogP contribution in [0, 0.1) is 0 Å². The van der Waals surface area contributed by atoms with Crippen LogP contribution in [-0.2, 0) is 0 Å². The zero-order chi connectivity index (χ0) is 19.8. The Kier molecular flexibility index (Phi) is 4.67. The van der Waals surface area contributed by atoms with Crippen molar-refractivity contribution in [2.45, 2.75) is 12.3 Å². The van der Waals surface area contributed by atoms with Crippen molar-refractivity contribution in [1.29, 1.82) is 0 Å². The minimum absolute atomic E-state index is 0.413. The van der Waals surface area contributed by atoms with Gasteiger partial charge in [0.25, 0.3) is 0 Å². The fourth-order valence-corrected chi connectivity index (χ4v) is 4.48. The van der Waals surface area contributed by atoms with Gasteiger partial charge in [0.05, 0.1) is 24.4 Å². The second-order valence-corrected chi connectivity index (χ2v) is 8.06. The van der Waals surface area contributed by atoms with Crippen LogP contribution >= 0.6 is 15.9 Å². The average molecular weight is 450 g/mol. The highest BCUT2D eigenvalue weighted by Crippen LogP contribution is 2.36. The van der Waals surface area contributed by atoms with E-state index >= 15 is 0 Å². The molecule has 1 aliphatic heterocycles. The van der Waals surface area contributed by atoms with E-state index in [2.05, 4.69) is 48.0 Å². The van der Waals surface area contributed by atoms with E-state index in [-0.39, 0.29) is 0 Å². The Hall–Kier alpha value is -2.93. The molecular weight excluding hydrogens is 430 g/mol. The number of rotatable bonds is 4. The maximum Gasteiger partial charge on any atom is 0.168 e. The maximum absolute atomic E-state index is 5.57. The molecule has 1 aliphatic rings. The molecule has 3 heterocycles. The molecule has 2 aromatic carbocycles. The third-order valence-corrected chi connectivity index (χ3v) is 5.96. The van der Waals surface area contributed by atoms with Crippen molar-refractivity contribution in [3.63, 3.8) is 0 Å². The van der Waals surface area contributed by atoms with E-state index in [9.17, 15) is 0 Å². The van der Waals surface area contributed by atoms with Gasteiger partial charge in [0.15, 0.2) is 5.65 Å². The molecule has 146 valence electrons. The lowest BCUT2D eigenvalue weighted by molar-refractivity contribution is 0.406. The van der Waals surface area contributed by atoms with Gasteiger partial charge in [-0.15, -0.1) is 0 Å². The van der Waals surface area contributed by atoms with Crippen LogP contribution < -0.4 is 9.64 Å². The Morgan fingerprint density at radius 1 is 1.10 bits per heavy atom. The molecule has 1 fully saturated rings. The number of benzene rings is 2. The van der Waals surface area contributed by atoms with Crippen molar-refractivity contribution < 1.29 is 4.74 Å². The van der Waals surface area contributed by atoms with Crippen LogP contribution in [0.4, 0.5) is 5.82 Å². The second-order valence-electron chi connectivity index (χ2n) is 7.14. The molecule has 6 nitrogen and oxygen atoms in total. The number of hydrogen-bond donors (Lipinski definition) is 0. The summed E-state index contributed by atoms with van der Waals surface area (Å²) >= 11 is 3.53. The quantitative estimate of drug-likeness (QED) is 0.456. The molecule has 4 aromatic rings. The summed E-state index contributed by atoms with van der Waals surface area (Å²) in [4.78, 5) is 11.4. The Morgan fingerprint density at radius 2 is 2.00 bits per heavy atom. The number of nitrogens with zero attached hydrogens (tertiary/aromatic N) is 5. The monoisotopic (exact) mass is 449 g/mol. The molecule has 0 N–H and O–H groups in total. The molecule has 0 amide bonds. The largest absolute Gasteiger partial charge is 0.496 e. The summed E-state index contributed by atoms with van der Waals surface area (Å²) in [6, 6.07) is 16.3. The molecule has 0 aliphatic carbocycles. The second kappa shape index (κ2) is 7.48. The van der Waals surface area contributed by atoms with E-state index in [1.54, 1.807) is 13.4 Å². The van der Waals surface area contributed by atoms with E-state index < -0.39 is 0 Å². The number of anilines is 1. The van der Waals surface area contributed by atoms with E-state index in [0.717, 1.165) is 52.3 Å². The van der Waals surface area contributed by atoms with Crippen LogP contribution in [0.25, 0.3) is 16.7 Å². The van der Waals surface area contributed by atoms with Crippen LogP contribution in [0.5, 0.6) is 5.75 Å². The van der Waals surface area contributed by atoms with Gasteiger partial charge in [-0.2, -0.15) is 5.10 Å². The molecule has 7 heteroatoms. The fraction of sp³-hybridized carbons (Fsp3) is 0.227. The van der Waals surface area contributed by atoms with Gasteiger partial charge in [-0.05, 0) is 36.2 Å². The lowest BCUT2D eigenvalue weighted by Crippen LogP contribution is -2.21. The van der Waals surface area contributed by atoms with E-state index in [1.165, 1.54) is 5.56 Å². The first-order chi connectivity index (χ1) is 14.2. The number of aromatic nitrogens is 4. The first-order valence-corrected chi connectivity index (χ1v) is 10.4. The van der Waals surface area contributed by atoms with Crippen LogP contribution in [0.1, 0.15) is 17.9 Å². The summed E-state index contributed by atoms with van der Waals surface area (Å²) in [6.45, 7) is 1.84. The molecule has 2 aromatic heterocycles. The van der Waals surface area contributed by atoms with Crippen LogP contribution in [0.15, 0.2) is 65.5 Å². The lowest BCUT2D eigenvalue weighted by atomic mass is 9.97. The summed E-state index contributed by atoms with van der Waals surface area (Å²) < 4.78 is 8.44. The standard InChI is InChI=1S/C22H20BrN5O/c1-29-20-8-3-2-7-18(20)15-9-10-27(13-15)21-19-12-26-28(22(19)25-14-24-21)17-6-4-5-16(23)11-17/h2-8,11-12,14-15H,9-10,13H2,1H3. The highest BCUT2D eigenvalue weighted by Gasteiger charge is 2.28. The van der Waals surface area contributed by atoms with Gasteiger partial charge in [0.2, 0.25) is 0 Å². The normalized spacial score (nSPS) is 16.5. The van der Waals surface area contributed by atoms with Crippen molar-refractivity contribution >= 4 is 32.8 Å². The van der Waals surface area contributed by atoms with Gasteiger partial charge in [-0.25, -0.2) is 14.6 Å². The highest BCUT2D eigenvalue weighted by molar-refractivity contribution is 9.10. The summed E-state index contributed by atoms with van der Waals surface area (Å²) in [5.74, 6) is 2.31. The number of methoxy groups -OCH3 is 1. The van der Waals surface area contributed by atoms with Gasteiger partial charge >= 0.3 is 0 Å². The molecule has 0 radical (unpaired) electrons. The third-order valence-electron chi connectivity index (χ3n) is 5.46. The van der Waals surface area contributed by atoms with Gasteiger partial charge < -0.3 is 9.64 Å². The molecular formula is C22H20BrN5O. The van der Waals surface area contributed by atoms with Crippen LogP contribution in [-0.4, -0.2) is 39.9 Å². The van der Waals surface area contributed by atoms with Gasteiger partial charge in [0, 0.05) is 23.5 Å². The smallest absolute Gasteiger partial charge is 0.168 e. The van der Waals surface area contributed by atoms with Gasteiger partial charge in [-0.3, -0.25) is 0 Å². The molecule has 0 saturated carbocycles. The van der Waals surface area contributed by atoms with Gasteiger partial charge in [-0.1, -0.05) is 40.2 Å². The third kappa shape index (κ3) is 3.25. The molecule has 0 spiro atoms. The summed E-state index contributed by atoms with van der Waals surface area (Å²) in [5, 5.41) is 5.56. The minimum atomic E-state index is 0.413. The van der Waals surface area contributed by atoms with E-state index in [0.29, 0.717) is 5.92 Å². The Bertz CT molecular complexity index is 1170. The first kappa shape index (κ1) is 18.1. The number of ether oxygens (including phenoxy) is 1. The van der Waals surface area contributed by atoms with Crippen molar-refractivity contribution in [3.05, 3.63) is 71.1 Å². The molecule has 1 atom stereocenters. The fourth-order valence-electron chi connectivity index (χ4n) is 4.09. The van der Waals surface area contributed by atoms with E-state index in [1.807, 2.05) is 47.3 Å². The summed E-state index contributed by atoms with van der Waals surface area (Å²) in [5.41, 5.74) is 3.04. The number of halogens is 1. The maximum atomic E-state index is 5.57. The lowest BCUT2D eigenvalue weighted by Gasteiger charge is -2.19. The predicted molar refractivity (Wildman–Crippen MR) is 117 cm³/mol. The molecule has 29 heavy (non-hydrogen) atoms. The van der Waals surface area contributed by atoms with Crippen molar-refractivity contribution in [2.75, 3.05) is 25.1 Å². The zero-order valence-corrected chi connectivity index (χ0v) is 17.6. The Labute approximate surface area is 177 Å². The zero-order valence-electron chi connectivity index (χ0n) is 16.0. The first-order valence-electron chi connectivity index (χ1n) is 9.57. The van der Waals surface area contributed by atoms with Crippen molar-refractivity contribution in [2.24, 2.45) is 0 Å². The Morgan fingerprint density at radius 3 is 2.86 bits per heavy atom. The summed E-state index contributed by atoms with van der Waals surface area (Å²) in [6.07, 6.45) is 4.55. The number of hydrogen-bond acceptors (Lipinski definition) is 5. The SMILES string of the molecule is COc1ccccc1C1CCN(c2ncnc3c2cnn3-c2cccc(Br)c2)C1. The Balaban J connectivity index is 1.49. The number of para-hydroxylation sites is 1. The predicted octanol–water partition coefficient (Wildman–Crippen LogP) is 4.58. The summed E-state index contributed by atoms with van der Waals surface area (Å²) in [7, 11) is 1.73. The molecule has 1 unspecified atom stereocenters. The number of fused-ring (bicyclic) bond motifs is 1. The van der Waals surface area contributed by atoms with Crippen molar-refractivity contribution in [3.8, 4) is 11.4 Å². The van der Waals surface area contributed by atoms with Crippen LogP contribution in [0.2, 0.25) is 0 Å². The van der Waals surface area contributed by atoms with Crippen molar-refractivity contribution in [1.82, 2.24) is 19.7 Å². The topological polar surface area (TPSA) is 56.1 Å². The highest BCUT2D eigenvalue weighted by atomic mass is 79.9. The molecule has 1 saturated heterocycles. The minimum Gasteiger partial charge on any atom is -0.496 e. The molecule has 5 rings (SSSR count). The molecule has 0 bridgehead atoms. The van der Waals surface area contributed by atoms with Crippen LogP contribution in [0.3, 0.4) is 0 Å².